The summed E-state index contributed by atoms with van der Waals surface area (Å²) in [5, 5.41) is 22.2. The van der Waals surface area contributed by atoms with E-state index in [9.17, 15) is 20.2 Å². The van der Waals surface area contributed by atoms with E-state index >= 15 is 0 Å². The van der Waals surface area contributed by atoms with Crippen LogP contribution in [0, 0.1) is 20.2 Å². The van der Waals surface area contributed by atoms with Crippen LogP contribution in [0.25, 0.3) is 22.6 Å². The highest BCUT2D eigenvalue weighted by molar-refractivity contribution is 5.85. The number of oxazole rings is 1. The number of aromatic nitrogens is 1. The number of fused-ring (bicyclic) bond motifs is 1. The molecule has 0 aliphatic carbocycles. The number of rotatable bonds is 8. The highest BCUT2D eigenvalue weighted by Gasteiger charge is 2.21. The standard InChI is InChI=1S/C27H18N4O7/c1-36-21-10-4-18(5-11-21)27-29-23-14-19(6-12-25(23)38-27)28-16-17-2-8-22(9-3-17)37-26-13-7-20(30(32)33)15-24(26)31(34)35/h2-16H,1H3. The first-order chi connectivity index (χ1) is 18.4. The molecule has 0 saturated heterocycles. The molecule has 188 valence electrons. The Bertz CT molecular complexity index is 1680. The van der Waals surface area contributed by atoms with Crippen LogP contribution in [0.4, 0.5) is 17.1 Å². The minimum Gasteiger partial charge on any atom is -0.497 e. The Morgan fingerprint density at radius 3 is 2.29 bits per heavy atom. The van der Waals surface area contributed by atoms with Crippen LogP contribution in [-0.2, 0) is 0 Å². The van der Waals surface area contributed by atoms with E-state index in [-0.39, 0.29) is 5.75 Å². The largest absolute Gasteiger partial charge is 0.497 e. The Balaban J connectivity index is 1.30. The number of nitrogens with zero attached hydrogens (tertiary/aromatic N) is 4. The van der Waals surface area contributed by atoms with E-state index < -0.39 is 21.2 Å². The normalized spacial score (nSPS) is 11.1. The second kappa shape index (κ2) is 10.2. The third-order valence-corrected chi connectivity index (χ3v) is 5.53. The van der Waals surface area contributed by atoms with Gasteiger partial charge in [-0.15, -0.1) is 0 Å². The number of nitro benzene ring substituents is 2. The third-order valence-electron chi connectivity index (χ3n) is 5.53. The number of hydrogen-bond donors (Lipinski definition) is 0. The van der Waals surface area contributed by atoms with Crippen LogP contribution in [0.5, 0.6) is 17.2 Å². The van der Waals surface area contributed by atoms with Gasteiger partial charge in [0.15, 0.2) is 5.58 Å². The smallest absolute Gasteiger partial charge is 0.318 e. The highest BCUT2D eigenvalue weighted by Crippen LogP contribution is 2.34. The topological polar surface area (TPSA) is 143 Å². The van der Waals surface area contributed by atoms with Gasteiger partial charge in [0.05, 0.1) is 28.7 Å². The summed E-state index contributed by atoms with van der Waals surface area (Å²) in [5.41, 5.74) is 2.67. The minimum atomic E-state index is -0.727. The second-order valence-electron chi connectivity index (χ2n) is 8.00. The van der Waals surface area contributed by atoms with Gasteiger partial charge in [-0.2, -0.15) is 0 Å². The predicted molar refractivity (Wildman–Crippen MR) is 140 cm³/mol. The van der Waals surface area contributed by atoms with E-state index in [1.165, 1.54) is 6.07 Å². The van der Waals surface area contributed by atoms with Gasteiger partial charge in [0.1, 0.15) is 17.0 Å². The molecule has 0 atom stereocenters. The number of aliphatic imine (C=N–C) groups is 1. The van der Waals surface area contributed by atoms with Crippen molar-refractivity contribution in [3.63, 3.8) is 0 Å². The van der Waals surface area contributed by atoms with Gasteiger partial charge in [0.25, 0.3) is 5.69 Å². The molecule has 11 heteroatoms. The SMILES string of the molecule is COc1ccc(-c2nc3cc(N=Cc4ccc(Oc5ccc([N+](=O)[O-])cc5[N+](=O)[O-])cc4)ccc3o2)cc1. The molecule has 0 unspecified atom stereocenters. The van der Waals surface area contributed by atoms with Crippen LogP contribution < -0.4 is 9.47 Å². The fourth-order valence-corrected chi connectivity index (χ4v) is 3.60. The zero-order valence-electron chi connectivity index (χ0n) is 19.8. The lowest BCUT2D eigenvalue weighted by atomic mass is 10.2. The zero-order chi connectivity index (χ0) is 26.6. The van der Waals surface area contributed by atoms with Crippen molar-refractivity contribution in [3.05, 3.63) is 111 Å². The van der Waals surface area contributed by atoms with Crippen molar-refractivity contribution in [2.45, 2.75) is 0 Å². The van der Waals surface area contributed by atoms with Crippen molar-refractivity contribution >= 4 is 34.4 Å². The molecule has 1 aromatic heterocycles. The van der Waals surface area contributed by atoms with Crippen molar-refractivity contribution in [1.29, 1.82) is 0 Å². The molecule has 0 fully saturated rings. The Morgan fingerprint density at radius 1 is 0.868 bits per heavy atom. The van der Waals surface area contributed by atoms with Crippen LogP contribution in [-0.4, -0.2) is 28.2 Å². The maximum absolute atomic E-state index is 11.3. The summed E-state index contributed by atoms with van der Waals surface area (Å²) in [6, 6.07) is 22.7. The van der Waals surface area contributed by atoms with E-state index in [1.807, 2.05) is 36.4 Å². The van der Waals surface area contributed by atoms with E-state index in [0.29, 0.717) is 28.4 Å². The third kappa shape index (κ3) is 5.16. The summed E-state index contributed by atoms with van der Waals surface area (Å²) < 4.78 is 16.6. The van der Waals surface area contributed by atoms with E-state index in [2.05, 4.69) is 9.98 Å². The molecule has 4 aromatic carbocycles. The second-order valence-corrected chi connectivity index (χ2v) is 8.00. The molecule has 0 amide bonds. The Labute approximate surface area is 214 Å². The minimum absolute atomic E-state index is 0.100. The van der Waals surface area contributed by atoms with Gasteiger partial charge >= 0.3 is 5.69 Å². The Morgan fingerprint density at radius 2 is 1.61 bits per heavy atom. The Kier molecular flexibility index (Phi) is 6.47. The quantitative estimate of drug-likeness (QED) is 0.125. The van der Waals surface area contributed by atoms with Crippen molar-refractivity contribution in [1.82, 2.24) is 4.98 Å². The molecule has 0 bridgehead atoms. The molecule has 0 aliphatic rings. The van der Waals surface area contributed by atoms with E-state index in [0.717, 1.165) is 29.0 Å². The molecule has 0 N–H and O–H groups in total. The molecule has 11 nitrogen and oxygen atoms in total. The van der Waals surface area contributed by atoms with Crippen LogP contribution in [0.3, 0.4) is 0 Å². The molecule has 1 heterocycles. The number of non-ortho nitro benzene ring substituents is 1. The first-order valence-electron chi connectivity index (χ1n) is 11.2. The molecular formula is C27H18N4O7. The van der Waals surface area contributed by atoms with Gasteiger partial charge in [-0.05, 0) is 78.4 Å². The lowest BCUT2D eigenvalue weighted by Gasteiger charge is -2.06. The summed E-state index contributed by atoms with van der Waals surface area (Å²) in [7, 11) is 1.61. The molecule has 0 spiro atoms. The van der Waals surface area contributed by atoms with Crippen molar-refractivity contribution < 1.29 is 23.7 Å². The van der Waals surface area contributed by atoms with Crippen LogP contribution in [0.1, 0.15) is 5.56 Å². The molecule has 5 aromatic rings. The van der Waals surface area contributed by atoms with Crippen LogP contribution >= 0.6 is 0 Å². The van der Waals surface area contributed by atoms with Gasteiger partial charge in [-0.1, -0.05) is 0 Å². The van der Waals surface area contributed by atoms with Crippen molar-refractivity contribution in [2.75, 3.05) is 7.11 Å². The molecular weight excluding hydrogens is 492 g/mol. The number of benzene rings is 4. The van der Waals surface area contributed by atoms with Gasteiger partial charge in [-0.25, -0.2) is 4.98 Å². The van der Waals surface area contributed by atoms with Crippen molar-refractivity contribution in [2.24, 2.45) is 4.99 Å². The lowest BCUT2D eigenvalue weighted by molar-refractivity contribution is -0.394. The fourth-order valence-electron chi connectivity index (χ4n) is 3.60. The average molecular weight is 510 g/mol. The highest BCUT2D eigenvalue weighted by atomic mass is 16.6. The Hall–Kier alpha value is -5.58. The summed E-state index contributed by atoms with van der Waals surface area (Å²) in [5.74, 6) is 1.47. The molecule has 5 rings (SSSR count). The van der Waals surface area contributed by atoms with Gasteiger partial charge in [0.2, 0.25) is 11.6 Å². The maximum atomic E-state index is 11.3. The lowest BCUT2D eigenvalue weighted by Crippen LogP contribution is -1.96. The first kappa shape index (κ1) is 24.1. The van der Waals surface area contributed by atoms with Gasteiger partial charge in [-0.3, -0.25) is 25.2 Å². The average Bonchev–Trinajstić information content (AvgIpc) is 3.36. The first-order valence-corrected chi connectivity index (χ1v) is 11.2. The molecule has 38 heavy (non-hydrogen) atoms. The van der Waals surface area contributed by atoms with Crippen LogP contribution in [0.15, 0.2) is 94.3 Å². The maximum Gasteiger partial charge on any atom is 0.318 e. The van der Waals surface area contributed by atoms with Crippen molar-refractivity contribution in [3.8, 4) is 28.7 Å². The molecule has 0 radical (unpaired) electrons. The summed E-state index contributed by atoms with van der Waals surface area (Å²) in [6.07, 6.45) is 1.66. The van der Waals surface area contributed by atoms with Gasteiger partial charge < -0.3 is 13.9 Å². The number of ether oxygens (including phenoxy) is 2. The number of hydrogen-bond acceptors (Lipinski definition) is 9. The van der Waals surface area contributed by atoms with Crippen LogP contribution in [0.2, 0.25) is 0 Å². The number of methoxy groups -OCH3 is 1. The van der Waals surface area contributed by atoms with Gasteiger partial charge in [0, 0.05) is 17.8 Å². The summed E-state index contributed by atoms with van der Waals surface area (Å²) in [6.45, 7) is 0. The number of nitro groups is 2. The summed E-state index contributed by atoms with van der Waals surface area (Å²) >= 11 is 0. The fraction of sp³-hybridized carbons (Fsp3) is 0.0370. The predicted octanol–water partition coefficient (Wildman–Crippen LogP) is 6.86. The monoisotopic (exact) mass is 510 g/mol. The summed E-state index contributed by atoms with van der Waals surface area (Å²) in [4.78, 5) is 29.8. The van der Waals surface area contributed by atoms with E-state index in [1.54, 1.807) is 43.7 Å². The zero-order valence-corrected chi connectivity index (χ0v) is 19.8. The molecule has 0 aliphatic heterocycles. The van der Waals surface area contributed by atoms with E-state index in [4.69, 9.17) is 13.9 Å². The molecule has 0 saturated carbocycles.